The number of allylic oxidation sites excluding steroid dienone is 1. The molecule has 1 aliphatic rings. The summed E-state index contributed by atoms with van der Waals surface area (Å²) in [5.74, 6) is -0.0957. The summed E-state index contributed by atoms with van der Waals surface area (Å²) in [7, 11) is -1.89. The summed E-state index contributed by atoms with van der Waals surface area (Å²) >= 11 is 0. The maximum Gasteiger partial charge on any atom is 0.247 e. The first-order valence-corrected chi connectivity index (χ1v) is 12.6. The Morgan fingerprint density at radius 2 is 1.97 bits per heavy atom. The summed E-state index contributed by atoms with van der Waals surface area (Å²) in [5, 5.41) is 9.74. The maximum absolute atomic E-state index is 13.5. The van der Waals surface area contributed by atoms with Crippen molar-refractivity contribution >= 4 is 16.1 Å². The topological polar surface area (TPSA) is 70.1 Å². The summed E-state index contributed by atoms with van der Waals surface area (Å²) < 4.78 is 47.9. The fraction of sp³-hybridized carbons (Fsp3) is 0.440. The van der Waals surface area contributed by atoms with Crippen LogP contribution in [0.5, 0.6) is 5.75 Å². The van der Waals surface area contributed by atoms with E-state index >= 15 is 0 Å². The van der Waals surface area contributed by atoms with Crippen LogP contribution >= 0.6 is 0 Å². The minimum Gasteiger partial charge on any atom is -0.487 e. The number of nitrogens with zero attached hydrogens (tertiary/aromatic N) is 2. The molecule has 1 heterocycles. The second-order valence-electron chi connectivity index (χ2n) is 8.77. The number of benzene rings is 2. The van der Waals surface area contributed by atoms with E-state index in [9.17, 15) is 17.9 Å². The number of ether oxygens (including phenoxy) is 1. The monoisotopic (exact) mass is 476 g/mol. The van der Waals surface area contributed by atoms with Gasteiger partial charge in [0, 0.05) is 31.6 Å². The predicted molar refractivity (Wildman–Crippen MR) is 128 cm³/mol. The molecule has 0 saturated heterocycles. The predicted octanol–water partition coefficient (Wildman–Crippen LogP) is 3.76. The van der Waals surface area contributed by atoms with Crippen molar-refractivity contribution in [2.75, 3.05) is 26.7 Å². The van der Waals surface area contributed by atoms with E-state index in [2.05, 4.69) is 4.90 Å². The van der Waals surface area contributed by atoms with Crippen LogP contribution in [0.3, 0.4) is 0 Å². The van der Waals surface area contributed by atoms with E-state index in [0.29, 0.717) is 18.8 Å². The van der Waals surface area contributed by atoms with Crippen LogP contribution < -0.4 is 4.74 Å². The quantitative estimate of drug-likeness (QED) is 0.659. The molecule has 0 radical (unpaired) electrons. The molecule has 0 spiro atoms. The summed E-state index contributed by atoms with van der Waals surface area (Å²) in [5.41, 5.74) is 1.83. The van der Waals surface area contributed by atoms with Crippen molar-refractivity contribution in [3.05, 3.63) is 65.5 Å². The van der Waals surface area contributed by atoms with Crippen LogP contribution in [0.1, 0.15) is 31.9 Å². The van der Waals surface area contributed by atoms with Crippen molar-refractivity contribution in [1.29, 1.82) is 0 Å². The SMILES string of the molecule is C/C=C/c1ccc2c(c1)O[C@@H](CN(C)Cc1ccc(F)cc1)[C@H](C)CN([C@@H](C)CO)S2(=O)=O. The Bertz CT molecular complexity index is 1070. The number of hydrogen-bond acceptors (Lipinski definition) is 5. The molecule has 180 valence electrons. The molecule has 3 atom stereocenters. The van der Waals surface area contributed by atoms with Gasteiger partial charge in [-0.2, -0.15) is 4.31 Å². The highest BCUT2D eigenvalue weighted by Gasteiger charge is 2.38. The molecule has 0 fully saturated rings. The van der Waals surface area contributed by atoms with Crippen LogP contribution in [-0.2, 0) is 16.6 Å². The van der Waals surface area contributed by atoms with E-state index in [0.717, 1.165) is 11.1 Å². The van der Waals surface area contributed by atoms with E-state index in [1.807, 2.05) is 33.0 Å². The van der Waals surface area contributed by atoms with E-state index in [-0.39, 0.29) is 35.9 Å². The molecule has 8 heteroatoms. The van der Waals surface area contributed by atoms with Crippen molar-refractivity contribution < 1.29 is 22.7 Å². The molecular formula is C25H33FN2O4S. The van der Waals surface area contributed by atoms with Gasteiger partial charge >= 0.3 is 0 Å². The molecular weight excluding hydrogens is 443 g/mol. The van der Waals surface area contributed by atoms with Crippen molar-refractivity contribution in [3.8, 4) is 5.75 Å². The molecule has 1 aliphatic heterocycles. The Balaban J connectivity index is 1.95. The molecule has 2 aromatic rings. The fourth-order valence-electron chi connectivity index (χ4n) is 4.03. The van der Waals surface area contributed by atoms with Crippen LogP contribution in [0.2, 0.25) is 0 Å². The lowest BCUT2D eigenvalue weighted by Crippen LogP contribution is -2.49. The molecule has 0 amide bonds. The number of halogens is 1. The number of rotatable bonds is 7. The molecule has 0 aliphatic carbocycles. The third-order valence-corrected chi connectivity index (χ3v) is 7.93. The number of sulfonamides is 1. The Morgan fingerprint density at radius 1 is 1.27 bits per heavy atom. The zero-order chi connectivity index (χ0) is 24.2. The second-order valence-corrected chi connectivity index (χ2v) is 10.6. The first-order valence-electron chi connectivity index (χ1n) is 11.1. The van der Waals surface area contributed by atoms with Gasteiger partial charge in [-0.1, -0.05) is 37.3 Å². The molecule has 0 unspecified atom stereocenters. The largest absolute Gasteiger partial charge is 0.487 e. The van der Waals surface area contributed by atoms with Gasteiger partial charge in [0.25, 0.3) is 0 Å². The second kappa shape index (κ2) is 10.8. The highest BCUT2D eigenvalue weighted by atomic mass is 32.2. The first-order chi connectivity index (χ1) is 15.6. The van der Waals surface area contributed by atoms with Crippen LogP contribution in [0.15, 0.2) is 53.4 Å². The van der Waals surface area contributed by atoms with Crippen LogP contribution in [0.25, 0.3) is 6.08 Å². The highest BCUT2D eigenvalue weighted by Crippen LogP contribution is 2.34. The van der Waals surface area contributed by atoms with E-state index in [1.165, 1.54) is 16.4 Å². The van der Waals surface area contributed by atoms with Crippen molar-refractivity contribution in [2.24, 2.45) is 5.92 Å². The van der Waals surface area contributed by atoms with Crippen molar-refractivity contribution in [1.82, 2.24) is 9.21 Å². The highest BCUT2D eigenvalue weighted by molar-refractivity contribution is 7.89. The van der Waals surface area contributed by atoms with Gasteiger partial charge in [-0.3, -0.25) is 4.90 Å². The fourth-order valence-corrected chi connectivity index (χ4v) is 5.86. The molecule has 3 rings (SSSR count). The van der Waals surface area contributed by atoms with Gasteiger partial charge in [-0.25, -0.2) is 12.8 Å². The lowest BCUT2D eigenvalue weighted by molar-refractivity contribution is 0.0733. The van der Waals surface area contributed by atoms with Gasteiger partial charge in [-0.15, -0.1) is 0 Å². The van der Waals surface area contributed by atoms with Crippen LogP contribution in [-0.4, -0.2) is 61.6 Å². The van der Waals surface area contributed by atoms with Gasteiger partial charge in [0.2, 0.25) is 10.0 Å². The summed E-state index contributed by atoms with van der Waals surface area (Å²) in [6.07, 6.45) is 3.48. The summed E-state index contributed by atoms with van der Waals surface area (Å²) in [6.45, 7) is 6.68. The Morgan fingerprint density at radius 3 is 2.61 bits per heavy atom. The lowest BCUT2D eigenvalue weighted by Gasteiger charge is -2.37. The standard InChI is InChI=1S/C25H33FN2O4S/c1-5-6-20-9-12-25-23(13-20)32-24(16-27(4)15-21-7-10-22(26)11-8-21)18(2)14-28(19(3)17-29)33(25,30)31/h5-13,18-19,24,29H,14-17H2,1-4H3/b6-5+/t18-,19+,24+/m1/s1. The zero-order valence-corrected chi connectivity index (χ0v) is 20.4. The third-order valence-electron chi connectivity index (χ3n) is 5.91. The molecule has 1 N–H and O–H groups in total. The molecule has 2 aromatic carbocycles. The zero-order valence-electron chi connectivity index (χ0n) is 19.6. The number of aliphatic hydroxyl groups is 1. The van der Waals surface area contributed by atoms with Crippen molar-refractivity contribution in [3.63, 3.8) is 0 Å². The summed E-state index contributed by atoms with van der Waals surface area (Å²) in [6, 6.07) is 10.9. The first kappa shape index (κ1) is 25.4. The van der Waals surface area contributed by atoms with Gasteiger partial charge in [0.1, 0.15) is 22.6 Å². The van der Waals surface area contributed by atoms with E-state index < -0.39 is 16.1 Å². The number of aliphatic hydroxyl groups excluding tert-OH is 1. The van der Waals surface area contributed by atoms with Gasteiger partial charge in [0.05, 0.1) is 6.61 Å². The molecule has 6 nitrogen and oxygen atoms in total. The van der Waals surface area contributed by atoms with Gasteiger partial charge in [0.15, 0.2) is 0 Å². The number of likely N-dealkylation sites (N-methyl/N-ethyl adjacent to an activating group) is 1. The minimum absolute atomic E-state index is 0.106. The van der Waals surface area contributed by atoms with E-state index in [4.69, 9.17) is 4.74 Å². The maximum atomic E-state index is 13.5. The Labute approximate surface area is 196 Å². The Hall–Kier alpha value is -2.26. The van der Waals surface area contributed by atoms with Crippen molar-refractivity contribution in [2.45, 2.75) is 44.4 Å². The molecule has 0 saturated carbocycles. The van der Waals surface area contributed by atoms with Gasteiger partial charge < -0.3 is 9.84 Å². The normalized spacial score (nSPS) is 21.9. The average Bonchev–Trinajstić information content (AvgIpc) is 2.77. The average molecular weight is 477 g/mol. The van der Waals surface area contributed by atoms with E-state index in [1.54, 1.807) is 37.3 Å². The number of hydrogen-bond donors (Lipinski definition) is 1. The summed E-state index contributed by atoms with van der Waals surface area (Å²) in [4.78, 5) is 2.19. The van der Waals surface area contributed by atoms with Crippen LogP contribution in [0.4, 0.5) is 4.39 Å². The minimum atomic E-state index is -3.85. The van der Waals surface area contributed by atoms with Crippen LogP contribution in [0, 0.1) is 11.7 Å². The third kappa shape index (κ3) is 6.00. The number of fused-ring (bicyclic) bond motifs is 1. The molecule has 33 heavy (non-hydrogen) atoms. The van der Waals surface area contributed by atoms with Gasteiger partial charge in [-0.05, 0) is 56.3 Å². The smallest absolute Gasteiger partial charge is 0.247 e. The molecule has 0 bridgehead atoms. The molecule has 0 aromatic heterocycles. The Kier molecular flexibility index (Phi) is 8.28. The lowest BCUT2D eigenvalue weighted by atomic mass is 10.0.